The van der Waals surface area contributed by atoms with E-state index in [1.165, 1.54) is 0 Å². The molecule has 7 heteroatoms. The molecule has 0 saturated carbocycles. The lowest BCUT2D eigenvalue weighted by atomic mass is 9.90. The molecule has 0 radical (unpaired) electrons. The molecule has 1 aromatic heterocycles. The van der Waals surface area contributed by atoms with Crippen LogP contribution in [0.3, 0.4) is 0 Å². The summed E-state index contributed by atoms with van der Waals surface area (Å²) in [6, 6.07) is 7.36. The smallest absolute Gasteiger partial charge is 0.326 e. The first-order valence-electron chi connectivity index (χ1n) is 9.10. The Morgan fingerprint density at radius 1 is 1.35 bits per heavy atom. The van der Waals surface area contributed by atoms with Crippen molar-refractivity contribution >= 4 is 17.6 Å². The van der Waals surface area contributed by atoms with E-state index in [2.05, 4.69) is 22.0 Å². The van der Waals surface area contributed by atoms with Crippen LogP contribution in [0.1, 0.15) is 45.4 Å². The number of carbonyl (C=O) groups is 1. The van der Waals surface area contributed by atoms with Gasteiger partial charge >= 0.3 is 5.97 Å². The van der Waals surface area contributed by atoms with E-state index in [-0.39, 0.29) is 5.97 Å². The predicted octanol–water partition coefficient (Wildman–Crippen LogP) is 4.09. The highest BCUT2D eigenvalue weighted by atomic mass is 35.5. The van der Waals surface area contributed by atoms with Gasteiger partial charge in [-0.2, -0.15) is 0 Å². The Bertz CT molecular complexity index is 764. The van der Waals surface area contributed by atoms with E-state index in [0.717, 1.165) is 32.2 Å². The molecule has 140 valence electrons. The number of rotatable bonds is 7. The van der Waals surface area contributed by atoms with Crippen LogP contribution in [0.2, 0.25) is 5.02 Å². The molecule has 1 atom stereocenters. The van der Waals surface area contributed by atoms with Crippen LogP contribution >= 0.6 is 11.6 Å². The number of nitrogens with zero attached hydrogens (tertiary/aromatic N) is 3. The fourth-order valence-electron chi connectivity index (χ4n) is 3.68. The molecule has 1 aliphatic rings. The van der Waals surface area contributed by atoms with E-state index in [1.54, 1.807) is 6.07 Å². The van der Waals surface area contributed by atoms with Gasteiger partial charge < -0.3 is 9.15 Å². The maximum absolute atomic E-state index is 12.7. The van der Waals surface area contributed by atoms with E-state index in [9.17, 15) is 4.79 Å². The maximum Gasteiger partial charge on any atom is 0.326 e. The summed E-state index contributed by atoms with van der Waals surface area (Å²) in [4.78, 5) is 14.8. The van der Waals surface area contributed by atoms with Crippen molar-refractivity contribution in [2.24, 2.45) is 0 Å². The quantitative estimate of drug-likeness (QED) is 0.677. The summed E-state index contributed by atoms with van der Waals surface area (Å²) in [7, 11) is 0. The Hall–Kier alpha value is -1.92. The lowest BCUT2D eigenvalue weighted by molar-refractivity contribution is -0.157. The summed E-state index contributed by atoms with van der Waals surface area (Å²) in [5, 5.41) is 8.84. The molecule has 1 aromatic carbocycles. The number of esters is 1. The van der Waals surface area contributed by atoms with Gasteiger partial charge in [-0.1, -0.05) is 37.1 Å². The van der Waals surface area contributed by atoms with Crippen LogP contribution in [0.5, 0.6) is 0 Å². The fourth-order valence-corrected chi connectivity index (χ4v) is 3.90. The van der Waals surface area contributed by atoms with Crippen molar-refractivity contribution in [3.8, 4) is 11.5 Å². The SMILES string of the molecule is CCCC1(C(=O)OCC)CCCN1Cc1nnc(-c2ccccc2Cl)o1. The monoisotopic (exact) mass is 377 g/mol. The minimum atomic E-state index is -0.593. The van der Waals surface area contributed by atoms with Gasteiger partial charge in [-0.05, 0) is 44.9 Å². The zero-order valence-electron chi connectivity index (χ0n) is 15.2. The number of benzene rings is 1. The third-order valence-corrected chi connectivity index (χ3v) is 5.17. The van der Waals surface area contributed by atoms with Crippen molar-refractivity contribution in [3.63, 3.8) is 0 Å². The number of halogens is 1. The minimum Gasteiger partial charge on any atom is -0.465 e. The minimum absolute atomic E-state index is 0.148. The zero-order chi connectivity index (χ0) is 18.6. The first kappa shape index (κ1) is 18.9. The Morgan fingerprint density at radius 3 is 2.88 bits per heavy atom. The number of hydrogen-bond donors (Lipinski definition) is 0. The van der Waals surface area contributed by atoms with Gasteiger partial charge in [0.2, 0.25) is 11.8 Å². The molecule has 1 fully saturated rings. The summed E-state index contributed by atoms with van der Waals surface area (Å²) in [5.74, 6) is 0.721. The summed E-state index contributed by atoms with van der Waals surface area (Å²) < 4.78 is 11.2. The molecular formula is C19H24ClN3O3. The van der Waals surface area contributed by atoms with E-state index in [0.29, 0.717) is 35.5 Å². The molecular weight excluding hydrogens is 354 g/mol. The molecule has 0 amide bonds. The van der Waals surface area contributed by atoms with E-state index < -0.39 is 5.54 Å². The molecule has 0 N–H and O–H groups in total. The van der Waals surface area contributed by atoms with Gasteiger partial charge in [0.15, 0.2) is 0 Å². The topological polar surface area (TPSA) is 68.5 Å². The molecule has 0 aliphatic carbocycles. The Morgan fingerprint density at radius 2 is 2.15 bits per heavy atom. The lowest BCUT2D eigenvalue weighted by Crippen LogP contribution is -2.51. The number of ether oxygens (including phenoxy) is 1. The van der Waals surface area contributed by atoms with Gasteiger partial charge in [0.05, 0.1) is 23.7 Å². The zero-order valence-corrected chi connectivity index (χ0v) is 16.0. The average Bonchev–Trinajstić information content (AvgIpc) is 3.25. The molecule has 1 aliphatic heterocycles. The molecule has 3 rings (SSSR count). The molecule has 1 unspecified atom stereocenters. The molecule has 1 saturated heterocycles. The highest BCUT2D eigenvalue weighted by Gasteiger charge is 2.48. The Labute approximate surface area is 158 Å². The number of hydrogen-bond acceptors (Lipinski definition) is 6. The van der Waals surface area contributed by atoms with E-state index >= 15 is 0 Å². The summed E-state index contributed by atoms with van der Waals surface area (Å²) in [5.41, 5.74) is 0.114. The van der Waals surface area contributed by atoms with E-state index in [1.807, 2.05) is 25.1 Å². The largest absolute Gasteiger partial charge is 0.465 e. The third kappa shape index (κ3) is 3.62. The maximum atomic E-state index is 12.7. The molecule has 2 heterocycles. The van der Waals surface area contributed by atoms with Gasteiger partial charge in [0.1, 0.15) is 5.54 Å². The van der Waals surface area contributed by atoms with Crippen molar-refractivity contribution in [2.75, 3.05) is 13.2 Å². The predicted molar refractivity (Wildman–Crippen MR) is 98.7 cm³/mol. The van der Waals surface area contributed by atoms with Gasteiger partial charge in [-0.25, -0.2) is 0 Å². The standard InChI is InChI=1S/C19H24ClN3O3/c1-3-10-19(18(24)25-4-2)11-7-12-23(19)13-16-21-22-17(26-16)14-8-5-6-9-15(14)20/h5-6,8-9H,3-4,7,10-13H2,1-2H3. The molecule has 26 heavy (non-hydrogen) atoms. The van der Waals surface area contributed by atoms with Crippen molar-refractivity contribution in [3.05, 3.63) is 35.2 Å². The Kier molecular flexibility index (Phi) is 5.94. The second-order valence-corrected chi connectivity index (χ2v) is 6.92. The molecule has 0 bridgehead atoms. The molecule has 2 aromatic rings. The first-order valence-corrected chi connectivity index (χ1v) is 9.48. The normalized spacial score (nSPS) is 20.4. The third-order valence-electron chi connectivity index (χ3n) is 4.84. The fraction of sp³-hybridized carbons (Fsp3) is 0.526. The molecule has 0 spiro atoms. The number of aromatic nitrogens is 2. The Balaban J connectivity index is 1.81. The average molecular weight is 378 g/mol. The highest BCUT2D eigenvalue weighted by molar-refractivity contribution is 6.33. The van der Waals surface area contributed by atoms with Crippen LogP contribution < -0.4 is 0 Å². The van der Waals surface area contributed by atoms with Crippen molar-refractivity contribution < 1.29 is 13.9 Å². The second-order valence-electron chi connectivity index (χ2n) is 6.51. The van der Waals surface area contributed by atoms with Gasteiger partial charge in [-0.15, -0.1) is 10.2 Å². The van der Waals surface area contributed by atoms with Gasteiger partial charge in [-0.3, -0.25) is 9.69 Å². The number of carbonyl (C=O) groups excluding carboxylic acids is 1. The van der Waals surface area contributed by atoms with E-state index in [4.69, 9.17) is 20.8 Å². The van der Waals surface area contributed by atoms with Crippen molar-refractivity contribution in [1.29, 1.82) is 0 Å². The first-order chi connectivity index (χ1) is 12.6. The lowest BCUT2D eigenvalue weighted by Gasteiger charge is -2.35. The second kappa shape index (κ2) is 8.18. The van der Waals surface area contributed by atoms with Gasteiger partial charge in [0.25, 0.3) is 0 Å². The van der Waals surface area contributed by atoms with Crippen LogP contribution in [0.4, 0.5) is 0 Å². The highest BCUT2D eigenvalue weighted by Crippen LogP contribution is 2.36. The van der Waals surface area contributed by atoms with Crippen LogP contribution in [0.15, 0.2) is 28.7 Å². The van der Waals surface area contributed by atoms with Crippen molar-refractivity contribution in [1.82, 2.24) is 15.1 Å². The summed E-state index contributed by atoms with van der Waals surface area (Å²) >= 11 is 6.20. The van der Waals surface area contributed by atoms with Gasteiger partial charge in [0, 0.05) is 0 Å². The summed E-state index contributed by atoms with van der Waals surface area (Å²) in [6.07, 6.45) is 3.41. The van der Waals surface area contributed by atoms with Crippen LogP contribution in [0.25, 0.3) is 11.5 Å². The van der Waals surface area contributed by atoms with Crippen LogP contribution in [-0.4, -0.2) is 39.8 Å². The van der Waals surface area contributed by atoms with Crippen LogP contribution in [-0.2, 0) is 16.1 Å². The number of likely N-dealkylation sites (tertiary alicyclic amines) is 1. The summed E-state index contributed by atoms with van der Waals surface area (Å²) in [6.45, 7) is 5.54. The van der Waals surface area contributed by atoms with Crippen LogP contribution in [0, 0.1) is 0 Å². The van der Waals surface area contributed by atoms with Crippen molar-refractivity contribution in [2.45, 2.75) is 51.6 Å². The molecule has 6 nitrogen and oxygen atoms in total.